The minimum atomic E-state index is -3.61. The van der Waals surface area contributed by atoms with Gasteiger partial charge in [-0.1, -0.05) is 55.8 Å². The molecule has 0 unspecified atom stereocenters. The van der Waals surface area contributed by atoms with Gasteiger partial charge in [0.15, 0.2) is 0 Å². The first-order chi connectivity index (χ1) is 18.6. The number of hydrogen-bond acceptors (Lipinski definition) is 6. The van der Waals surface area contributed by atoms with Gasteiger partial charge < -0.3 is 5.32 Å². The molecule has 0 saturated carbocycles. The van der Waals surface area contributed by atoms with E-state index in [-0.39, 0.29) is 17.1 Å². The smallest absolute Gasteiger partial charge is 0.272 e. The number of nitrogens with zero attached hydrogens (tertiary/aromatic N) is 4. The number of benzene rings is 2. The van der Waals surface area contributed by atoms with Gasteiger partial charge in [-0.25, -0.2) is 27.2 Å². The van der Waals surface area contributed by atoms with E-state index in [4.69, 9.17) is 0 Å². The minimum Gasteiger partial charge on any atom is -0.367 e. The van der Waals surface area contributed by atoms with Crippen molar-refractivity contribution >= 4 is 32.5 Å². The molecule has 2 aromatic carbocycles. The van der Waals surface area contributed by atoms with Gasteiger partial charge in [0.25, 0.3) is 5.92 Å². The van der Waals surface area contributed by atoms with Crippen LogP contribution in [-0.2, 0) is 15.9 Å². The second kappa shape index (κ2) is 12.3. The number of alkyl halides is 2. The Morgan fingerprint density at radius 1 is 1.05 bits per heavy atom. The van der Waals surface area contributed by atoms with Gasteiger partial charge in [0.05, 0.1) is 16.1 Å². The fourth-order valence-corrected chi connectivity index (χ4v) is 6.37. The molecule has 1 aliphatic heterocycles. The van der Waals surface area contributed by atoms with Crippen molar-refractivity contribution in [3.8, 4) is 0 Å². The summed E-state index contributed by atoms with van der Waals surface area (Å²) in [6, 6.07) is 14.3. The van der Waals surface area contributed by atoms with Gasteiger partial charge in [0.2, 0.25) is 10.0 Å². The van der Waals surface area contributed by atoms with Crippen LogP contribution in [0.15, 0.2) is 71.0 Å². The number of fused-ring (bicyclic) bond motifs is 1. The molecule has 0 amide bonds. The number of unbranched alkanes of at least 4 members (excludes halogenated alkanes) is 1. The molecule has 0 aliphatic carbocycles. The summed E-state index contributed by atoms with van der Waals surface area (Å²) in [5.74, 6) is -2.50. The number of anilines is 1. The number of aliphatic imine (C=N–C) groups is 1. The third-order valence-electron chi connectivity index (χ3n) is 6.77. The number of halogens is 2. The monoisotopic (exact) mass is 555 g/mol. The molecule has 4 rings (SSSR count). The first-order valence-corrected chi connectivity index (χ1v) is 14.7. The lowest BCUT2D eigenvalue weighted by Gasteiger charge is -2.23. The van der Waals surface area contributed by atoms with E-state index in [1.54, 1.807) is 16.4 Å². The maximum Gasteiger partial charge on any atom is 0.272 e. The molecule has 7 nitrogen and oxygen atoms in total. The zero-order valence-corrected chi connectivity index (χ0v) is 23.4. The van der Waals surface area contributed by atoms with Gasteiger partial charge in [-0.05, 0) is 37.8 Å². The largest absolute Gasteiger partial charge is 0.367 e. The highest BCUT2D eigenvalue weighted by atomic mass is 32.2. The van der Waals surface area contributed by atoms with Crippen molar-refractivity contribution in [2.75, 3.05) is 18.4 Å². The van der Waals surface area contributed by atoms with Crippen molar-refractivity contribution in [3.63, 3.8) is 0 Å². The Kier molecular flexibility index (Phi) is 9.07. The molecule has 0 radical (unpaired) electrons. The van der Waals surface area contributed by atoms with Crippen LogP contribution < -0.4 is 5.32 Å². The normalized spacial score (nSPS) is 14.9. The van der Waals surface area contributed by atoms with E-state index in [9.17, 15) is 17.2 Å². The fourth-order valence-electron chi connectivity index (χ4n) is 4.74. The topological polar surface area (TPSA) is 87.5 Å². The molecule has 1 N–H and O–H groups in total. The standard InChI is InChI=1S/C29H35F2N5O2S/c1-4-16-36(39(37,38)23-18-26(32-19-23)22-12-6-5-7-13-22)17-9-8-11-21(2)35-28-24-14-10-15-25(29(3,30)31)27(24)33-20-34-28/h5-7,10,12-15,19-21H,4,8-9,11,16-18H2,1-3H3,(H,33,34,35)/t21-/m0/s1. The molecule has 10 heteroatoms. The Balaban J connectivity index is 1.33. The van der Waals surface area contributed by atoms with Crippen molar-refractivity contribution in [1.82, 2.24) is 14.3 Å². The molecule has 39 heavy (non-hydrogen) atoms. The van der Waals surface area contributed by atoms with Crippen molar-refractivity contribution in [2.45, 2.75) is 64.8 Å². The van der Waals surface area contributed by atoms with Crippen LogP contribution >= 0.6 is 0 Å². The molecular formula is C29H35F2N5O2S. The fraction of sp³-hybridized carbons (Fsp3) is 0.414. The predicted molar refractivity (Wildman–Crippen MR) is 153 cm³/mol. The van der Waals surface area contributed by atoms with Crippen molar-refractivity contribution in [3.05, 3.63) is 77.1 Å². The summed E-state index contributed by atoms with van der Waals surface area (Å²) in [4.78, 5) is 13.1. The summed E-state index contributed by atoms with van der Waals surface area (Å²) in [5.41, 5.74) is 1.79. The minimum absolute atomic E-state index is 0.00416. The van der Waals surface area contributed by atoms with E-state index in [0.29, 0.717) is 42.0 Å². The first-order valence-electron chi connectivity index (χ1n) is 13.3. The van der Waals surface area contributed by atoms with Crippen LogP contribution in [0.4, 0.5) is 14.6 Å². The zero-order chi connectivity index (χ0) is 28.0. The first kappa shape index (κ1) is 28.8. The Hall–Kier alpha value is -3.24. The number of allylic oxidation sites excluding steroid dienone is 1. The summed E-state index contributed by atoms with van der Waals surface area (Å²) in [6.07, 6.45) is 6.04. The SMILES string of the molecule is CCCN(CCCC[C@H](C)Nc1ncnc2c(C(C)(F)F)cccc12)S(=O)(=O)C1=CN=C(c2ccccc2)C1. The molecule has 0 saturated heterocycles. The number of nitrogens with one attached hydrogen (secondary N) is 1. The number of para-hydroxylation sites is 1. The Morgan fingerprint density at radius 3 is 2.54 bits per heavy atom. The number of sulfonamides is 1. The average Bonchev–Trinajstić information content (AvgIpc) is 3.42. The van der Waals surface area contributed by atoms with E-state index in [1.165, 1.54) is 18.6 Å². The highest BCUT2D eigenvalue weighted by Gasteiger charge is 2.30. The highest BCUT2D eigenvalue weighted by Crippen LogP contribution is 2.34. The van der Waals surface area contributed by atoms with Crippen LogP contribution in [0, 0.1) is 0 Å². The van der Waals surface area contributed by atoms with Crippen LogP contribution in [0.2, 0.25) is 0 Å². The average molecular weight is 556 g/mol. The second-order valence-electron chi connectivity index (χ2n) is 9.97. The van der Waals surface area contributed by atoms with Crippen molar-refractivity contribution in [1.29, 1.82) is 0 Å². The lowest BCUT2D eigenvalue weighted by atomic mass is 10.1. The van der Waals surface area contributed by atoms with Gasteiger partial charge >= 0.3 is 0 Å². The summed E-state index contributed by atoms with van der Waals surface area (Å²) >= 11 is 0. The van der Waals surface area contributed by atoms with Crippen molar-refractivity contribution in [2.24, 2.45) is 4.99 Å². The predicted octanol–water partition coefficient (Wildman–Crippen LogP) is 6.49. The number of rotatable bonds is 13. The van der Waals surface area contributed by atoms with Crippen LogP contribution in [0.1, 0.15) is 64.0 Å². The zero-order valence-electron chi connectivity index (χ0n) is 22.6. The molecule has 208 valence electrons. The molecule has 3 aromatic rings. The van der Waals surface area contributed by atoms with E-state index >= 15 is 0 Å². The lowest BCUT2D eigenvalue weighted by molar-refractivity contribution is 0.0189. The second-order valence-corrected chi connectivity index (χ2v) is 12.0. The summed E-state index contributed by atoms with van der Waals surface area (Å²) in [5, 5.41) is 3.87. The van der Waals surface area contributed by atoms with E-state index in [2.05, 4.69) is 20.3 Å². The molecule has 1 aliphatic rings. The third-order valence-corrected chi connectivity index (χ3v) is 8.73. The molecule has 2 heterocycles. The van der Waals surface area contributed by atoms with Gasteiger partial charge in [-0.3, -0.25) is 4.99 Å². The van der Waals surface area contributed by atoms with E-state index in [0.717, 1.165) is 37.5 Å². The maximum atomic E-state index is 14.0. The molecule has 0 spiro atoms. The van der Waals surface area contributed by atoms with Gasteiger partial charge in [-0.15, -0.1) is 0 Å². The van der Waals surface area contributed by atoms with Gasteiger partial charge in [-0.2, -0.15) is 4.31 Å². The van der Waals surface area contributed by atoms with Crippen LogP contribution in [0.5, 0.6) is 0 Å². The number of aromatic nitrogens is 2. The highest BCUT2D eigenvalue weighted by molar-refractivity contribution is 7.93. The van der Waals surface area contributed by atoms with Gasteiger partial charge in [0, 0.05) is 49.6 Å². The molecule has 1 aromatic heterocycles. The molecular weight excluding hydrogens is 520 g/mol. The van der Waals surface area contributed by atoms with E-state index in [1.807, 2.05) is 44.2 Å². The summed E-state index contributed by atoms with van der Waals surface area (Å²) < 4.78 is 56.4. The molecule has 0 fully saturated rings. The molecule has 0 bridgehead atoms. The Bertz CT molecular complexity index is 1450. The summed E-state index contributed by atoms with van der Waals surface area (Å²) in [7, 11) is -3.61. The van der Waals surface area contributed by atoms with E-state index < -0.39 is 15.9 Å². The van der Waals surface area contributed by atoms with Crippen LogP contribution in [-0.4, -0.2) is 47.5 Å². The quantitative estimate of drug-likeness (QED) is 0.244. The molecule has 1 atom stereocenters. The van der Waals surface area contributed by atoms with Crippen LogP contribution in [0.3, 0.4) is 0 Å². The third kappa shape index (κ3) is 6.86. The summed E-state index contributed by atoms with van der Waals surface area (Å²) in [6.45, 7) is 5.70. The Morgan fingerprint density at radius 2 is 1.82 bits per heavy atom. The Labute approximate surface area is 229 Å². The lowest BCUT2D eigenvalue weighted by Crippen LogP contribution is -2.34. The maximum absolute atomic E-state index is 14.0. The van der Waals surface area contributed by atoms with Gasteiger partial charge in [0.1, 0.15) is 12.1 Å². The van der Waals surface area contributed by atoms with Crippen LogP contribution in [0.25, 0.3) is 10.9 Å². The number of hydrogen-bond donors (Lipinski definition) is 1. The van der Waals surface area contributed by atoms with Crippen molar-refractivity contribution < 1.29 is 17.2 Å².